The first kappa shape index (κ1) is 28.2. The largest absolute Gasteiger partial charge is 0.481 e. The van der Waals surface area contributed by atoms with E-state index in [-0.39, 0.29) is 23.7 Å². The number of nitrogens with zero attached hydrogens (tertiary/aromatic N) is 3. The molecule has 2 N–H and O–H groups in total. The van der Waals surface area contributed by atoms with Crippen LogP contribution in [-0.4, -0.2) is 69.5 Å². The number of aryl methyl sites for hydroxylation is 2. The van der Waals surface area contributed by atoms with Gasteiger partial charge in [0, 0.05) is 31.9 Å². The smallest absolute Gasteiger partial charge is 0.422 e. The molecule has 12 heteroatoms. The minimum atomic E-state index is -4.69. The Kier molecular flexibility index (Phi) is 8.34. The van der Waals surface area contributed by atoms with Crippen molar-refractivity contribution in [3.05, 3.63) is 63.7 Å². The Labute approximate surface area is 222 Å². The maximum absolute atomic E-state index is 13.8. The van der Waals surface area contributed by atoms with E-state index >= 15 is 0 Å². The van der Waals surface area contributed by atoms with Crippen LogP contribution in [0, 0.1) is 0 Å². The van der Waals surface area contributed by atoms with Crippen LogP contribution in [0.1, 0.15) is 41.5 Å². The molecule has 1 aliphatic rings. The van der Waals surface area contributed by atoms with Crippen LogP contribution in [0.5, 0.6) is 5.75 Å². The lowest BCUT2D eigenvalue weighted by Gasteiger charge is -2.32. The summed E-state index contributed by atoms with van der Waals surface area (Å²) in [7, 11) is 1.51. The number of aromatic nitrogens is 2. The van der Waals surface area contributed by atoms with E-state index in [0.29, 0.717) is 43.6 Å². The summed E-state index contributed by atoms with van der Waals surface area (Å²) in [6.07, 6.45) is -3.39. The van der Waals surface area contributed by atoms with Crippen molar-refractivity contribution in [3.63, 3.8) is 0 Å². The number of carbonyl (C=O) groups is 2. The standard InChI is InChI=1S/C27H31F3N4O5/c1-3-19-13-20-22(26(38)34(19)14-17-7-5-4-6-8-17)24(39-16-27(28,29)30)23(32(20)2)25(37)31-18-9-11-33(12-10-18)21(36)15-35/h4-8,13,18,35H,3,9-12,14-16H2,1-2H3,(H,31,37). The number of aliphatic hydroxyl groups is 1. The van der Waals surface area contributed by atoms with E-state index in [4.69, 9.17) is 9.84 Å². The fourth-order valence-electron chi connectivity index (χ4n) is 4.96. The third-order valence-corrected chi connectivity index (χ3v) is 6.96. The molecule has 0 saturated carbocycles. The van der Waals surface area contributed by atoms with Gasteiger partial charge < -0.3 is 29.2 Å². The first-order valence-electron chi connectivity index (χ1n) is 12.7. The van der Waals surface area contributed by atoms with Crippen molar-refractivity contribution in [2.45, 2.75) is 44.9 Å². The number of benzene rings is 1. The SMILES string of the molecule is CCc1cc2c(c(OCC(F)(F)F)c(C(=O)NC3CCN(C(=O)CO)CC3)n2C)c(=O)n1Cc1ccccc1. The first-order valence-corrected chi connectivity index (χ1v) is 12.7. The third kappa shape index (κ3) is 6.11. The van der Waals surface area contributed by atoms with Crippen LogP contribution in [-0.2, 0) is 24.8 Å². The number of hydrogen-bond donors (Lipinski definition) is 2. The lowest BCUT2D eigenvalue weighted by atomic mass is 10.0. The summed E-state index contributed by atoms with van der Waals surface area (Å²) < 4.78 is 47.7. The highest BCUT2D eigenvalue weighted by molar-refractivity contribution is 6.04. The fourth-order valence-corrected chi connectivity index (χ4v) is 4.96. The molecule has 210 valence electrons. The van der Waals surface area contributed by atoms with Crippen molar-refractivity contribution >= 4 is 22.7 Å². The number of fused-ring (bicyclic) bond motifs is 1. The van der Waals surface area contributed by atoms with E-state index in [1.165, 1.54) is 21.1 Å². The molecule has 1 aromatic carbocycles. The molecule has 2 amide bonds. The number of pyridine rings is 1. The molecule has 0 radical (unpaired) electrons. The summed E-state index contributed by atoms with van der Waals surface area (Å²) in [5.41, 5.74) is 1.07. The van der Waals surface area contributed by atoms with E-state index < -0.39 is 42.5 Å². The van der Waals surface area contributed by atoms with Gasteiger partial charge in [0.05, 0.1) is 12.1 Å². The van der Waals surface area contributed by atoms with Crippen molar-refractivity contribution in [3.8, 4) is 5.75 Å². The van der Waals surface area contributed by atoms with Gasteiger partial charge >= 0.3 is 6.18 Å². The highest BCUT2D eigenvalue weighted by atomic mass is 19.4. The zero-order chi connectivity index (χ0) is 28.3. The Morgan fingerprint density at radius 2 is 1.82 bits per heavy atom. The molecule has 4 rings (SSSR count). The lowest BCUT2D eigenvalue weighted by molar-refractivity contribution is -0.153. The van der Waals surface area contributed by atoms with E-state index in [2.05, 4.69) is 5.32 Å². The summed E-state index contributed by atoms with van der Waals surface area (Å²) in [6, 6.07) is 10.6. The van der Waals surface area contributed by atoms with Gasteiger partial charge in [0.2, 0.25) is 5.91 Å². The first-order chi connectivity index (χ1) is 18.5. The molecule has 3 aromatic rings. The number of carbonyl (C=O) groups excluding carboxylic acids is 2. The van der Waals surface area contributed by atoms with E-state index in [1.807, 2.05) is 37.3 Å². The number of ether oxygens (including phenoxy) is 1. The molecule has 0 unspecified atom stereocenters. The maximum Gasteiger partial charge on any atom is 0.422 e. The number of halogens is 3. The Hall–Kier alpha value is -3.80. The van der Waals surface area contributed by atoms with Crippen LogP contribution < -0.4 is 15.6 Å². The van der Waals surface area contributed by atoms with Crippen molar-refractivity contribution in [2.24, 2.45) is 7.05 Å². The monoisotopic (exact) mass is 548 g/mol. The second kappa shape index (κ2) is 11.5. The van der Waals surface area contributed by atoms with Crippen LogP contribution in [0.15, 0.2) is 41.2 Å². The van der Waals surface area contributed by atoms with Crippen LogP contribution in [0.4, 0.5) is 13.2 Å². The number of aliphatic hydroxyl groups excluding tert-OH is 1. The third-order valence-electron chi connectivity index (χ3n) is 6.96. The molecule has 0 spiro atoms. The van der Waals surface area contributed by atoms with Crippen LogP contribution in [0.25, 0.3) is 10.9 Å². The molecule has 3 heterocycles. The maximum atomic E-state index is 13.8. The Morgan fingerprint density at radius 1 is 1.15 bits per heavy atom. The van der Waals surface area contributed by atoms with Gasteiger partial charge in [-0.1, -0.05) is 37.3 Å². The number of nitrogens with one attached hydrogen (secondary N) is 1. The molecule has 9 nitrogen and oxygen atoms in total. The summed E-state index contributed by atoms with van der Waals surface area (Å²) >= 11 is 0. The van der Waals surface area contributed by atoms with E-state index in [0.717, 1.165) is 5.56 Å². The molecular formula is C27H31F3N4O5. The number of rotatable bonds is 8. The molecular weight excluding hydrogens is 517 g/mol. The number of amides is 2. The van der Waals surface area contributed by atoms with Gasteiger partial charge in [0.25, 0.3) is 11.5 Å². The zero-order valence-corrected chi connectivity index (χ0v) is 21.8. The zero-order valence-electron chi connectivity index (χ0n) is 21.8. The molecule has 1 aliphatic heterocycles. The van der Waals surface area contributed by atoms with Gasteiger partial charge in [0.1, 0.15) is 12.0 Å². The predicted molar refractivity (Wildman–Crippen MR) is 138 cm³/mol. The second-order valence-electron chi connectivity index (χ2n) is 9.55. The predicted octanol–water partition coefficient (Wildman–Crippen LogP) is 2.60. The summed E-state index contributed by atoms with van der Waals surface area (Å²) in [5.74, 6) is -1.50. The minimum absolute atomic E-state index is 0.0941. The van der Waals surface area contributed by atoms with Crippen LogP contribution in [0.3, 0.4) is 0 Å². The van der Waals surface area contributed by atoms with Crippen molar-refractivity contribution in [2.75, 3.05) is 26.3 Å². The quantitative estimate of drug-likeness (QED) is 0.450. The molecule has 39 heavy (non-hydrogen) atoms. The lowest BCUT2D eigenvalue weighted by Crippen LogP contribution is -2.47. The molecule has 0 atom stereocenters. The van der Waals surface area contributed by atoms with Gasteiger partial charge in [0.15, 0.2) is 18.1 Å². The highest BCUT2D eigenvalue weighted by Crippen LogP contribution is 2.33. The van der Waals surface area contributed by atoms with E-state index in [1.54, 1.807) is 6.07 Å². The van der Waals surface area contributed by atoms with E-state index in [9.17, 15) is 27.6 Å². The number of likely N-dealkylation sites (tertiary alicyclic amines) is 1. The average molecular weight is 549 g/mol. The normalized spacial score (nSPS) is 14.6. The van der Waals surface area contributed by atoms with Gasteiger partial charge in [-0.05, 0) is 30.9 Å². The van der Waals surface area contributed by atoms with Crippen molar-refractivity contribution in [1.82, 2.24) is 19.4 Å². The van der Waals surface area contributed by atoms with Gasteiger partial charge in [-0.2, -0.15) is 13.2 Å². The summed E-state index contributed by atoms with van der Waals surface area (Å²) in [4.78, 5) is 40.4. The summed E-state index contributed by atoms with van der Waals surface area (Å²) in [5, 5.41) is 11.8. The summed E-state index contributed by atoms with van der Waals surface area (Å²) in [6.45, 7) is 0.449. The highest BCUT2D eigenvalue weighted by Gasteiger charge is 2.33. The van der Waals surface area contributed by atoms with Crippen molar-refractivity contribution < 1.29 is 32.6 Å². The number of alkyl halides is 3. The average Bonchev–Trinajstić information content (AvgIpc) is 3.20. The van der Waals surface area contributed by atoms with Crippen molar-refractivity contribution in [1.29, 1.82) is 0 Å². The Bertz CT molecular complexity index is 1410. The van der Waals surface area contributed by atoms with Crippen LogP contribution in [0.2, 0.25) is 0 Å². The number of hydrogen-bond acceptors (Lipinski definition) is 5. The van der Waals surface area contributed by atoms with Gasteiger partial charge in [-0.25, -0.2) is 0 Å². The number of piperidine rings is 1. The molecule has 1 fully saturated rings. The van der Waals surface area contributed by atoms with Gasteiger partial charge in [-0.3, -0.25) is 14.4 Å². The van der Waals surface area contributed by atoms with Gasteiger partial charge in [-0.15, -0.1) is 0 Å². The fraction of sp³-hybridized carbons (Fsp3) is 0.444. The molecule has 2 aromatic heterocycles. The molecule has 1 saturated heterocycles. The Morgan fingerprint density at radius 3 is 2.41 bits per heavy atom. The topological polar surface area (TPSA) is 106 Å². The minimum Gasteiger partial charge on any atom is -0.481 e. The Balaban J connectivity index is 1.75. The molecule has 0 aliphatic carbocycles. The molecule has 0 bridgehead atoms. The second-order valence-corrected chi connectivity index (χ2v) is 9.55. The van der Waals surface area contributed by atoms with Crippen LogP contribution >= 0.6 is 0 Å².